The molecule has 1 spiro atoms. The number of carbonyl (C=O) groups excluding carboxylic acids is 11. The Morgan fingerprint density at radius 2 is 1.27 bits per heavy atom. The number of rotatable bonds is 13. The highest BCUT2D eigenvalue weighted by Gasteiger charge is 2.56. The smallest absolute Gasteiger partial charge is 0.377 e. The summed E-state index contributed by atoms with van der Waals surface area (Å²) in [5.41, 5.74) is -1.55. The maximum atomic E-state index is 15.4. The van der Waals surface area contributed by atoms with Crippen LogP contribution in [0.1, 0.15) is 189 Å². The van der Waals surface area contributed by atoms with E-state index in [0.717, 1.165) is 37.0 Å². The molecule has 2 bridgehead atoms. The first-order chi connectivity index (χ1) is 46.9. The van der Waals surface area contributed by atoms with Gasteiger partial charge in [0.2, 0.25) is 65.0 Å². The summed E-state index contributed by atoms with van der Waals surface area (Å²) in [5.74, 6) is -11.6. The Balaban J connectivity index is 1.28. The van der Waals surface area contributed by atoms with Crippen LogP contribution in [0.2, 0.25) is 0 Å². The van der Waals surface area contributed by atoms with Gasteiger partial charge in [0, 0.05) is 80.4 Å². The van der Waals surface area contributed by atoms with Crippen molar-refractivity contribution in [3.63, 3.8) is 0 Å². The maximum Gasteiger partial charge on any atom is 0.397 e. The lowest BCUT2D eigenvalue weighted by Gasteiger charge is -2.47. The number of hydrogen-bond donors (Lipinski definition) is 3. The van der Waals surface area contributed by atoms with E-state index in [9.17, 15) is 37.1 Å². The predicted octanol–water partition coefficient (Wildman–Crippen LogP) is 6.25. The zero-order valence-electron chi connectivity index (χ0n) is 60.3. The molecule has 3 saturated heterocycles. The number of halogens is 5. The van der Waals surface area contributed by atoms with Crippen molar-refractivity contribution >= 4 is 65.0 Å². The molecular weight excluding hydrogens is 1290 g/mol. The molecule has 558 valence electrons. The van der Waals surface area contributed by atoms with Crippen molar-refractivity contribution in [2.45, 2.75) is 268 Å². The minimum Gasteiger partial charge on any atom is -0.377 e. The third-order valence-corrected chi connectivity index (χ3v) is 22.8. The van der Waals surface area contributed by atoms with Gasteiger partial charge in [-0.25, -0.2) is 8.78 Å². The molecule has 11 amide bonds. The van der Waals surface area contributed by atoms with E-state index in [1.807, 2.05) is 26.8 Å². The fraction of sp³-hybridized carbons (Fsp3) is 0.817. The van der Waals surface area contributed by atoms with Gasteiger partial charge in [-0.05, 0) is 114 Å². The fourth-order valence-electron chi connectivity index (χ4n) is 16.4. The summed E-state index contributed by atoms with van der Waals surface area (Å²) in [4.78, 5) is 175. The minimum atomic E-state index is -5.16. The zero-order valence-corrected chi connectivity index (χ0v) is 60.3. The predicted molar refractivity (Wildman–Crippen MR) is 359 cm³/mol. The molecule has 0 aromatic rings. The van der Waals surface area contributed by atoms with Crippen molar-refractivity contribution < 1.29 is 79.4 Å². The molecule has 3 aliphatic carbocycles. The Morgan fingerprint density at radius 1 is 0.616 bits per heavy atom. The van der Waals surface area contributed by atoms with E-state index in [2.05, 4.69) is 16.0 Å². The van der Waals surface area contributed by atoms with E-state index in [0.29, 0.717) is 44.9 Å². The van der Waals surface area contributed by atoms with Gasteiger partial charge in [0.25, 0.3) is 0 Å². The summed E-state index contributed by atoms with van der Waals surface area (Å²) in [6, 6.07) is -9.15. The van der Waals surface area contributed by atoms with E-state index >= 15 is 37.5 Å². The van der Waals surface area contributed by atoms with Crippen LogP contribution in [0.5, 0.6) is 0 Å². The molecule has 0 aromatic heterocycles. The lowest BCUT2D eigenvalue weighted by atomic mass is 9.74. The largest absolute Gasteiger partial charge is 0.397 e. The highest BCUT2D eigenvalue weighted by atomic mass is 19.4. The lowest BCUT2D eigenvalue weighted by molar-refractivity contribution is -0.219. The maximum absolute atomic E-state index is 15.4. The van der Waals surface area contributed by atoms with Crippen molar-refractivity contribution in [1.29, 1.82) is 0 Å². The number of fused-ring (bicyclic) bond motifs is 4. The molecule has 4 heterocycles. The van der Waals surface area contributed by atoms with Gasteiger partial charge in [0.1, 0.15) is 66.1 Å². The van der Waals surface area contributed by atoms with Gasteiger partial charge in [-0.1, -0.05) is 98.1 Å². The Morgan fingerprint density at radius 3 is 1.87 bits per heavy atom. The number of ether oxygens (including phenoxy) is 1. The van der Waals surface area contributed by atoms with Crippen LogP contribution in [0.15, 0.2) is 12.2 Å². The summed E-state index contributed by atoms with van der Waals surface area (Å²) >= 11 is 0. The molecule has 7 aliphatic rings. The first kappa shape index (κ1) is 79.8. The number of nitrogens with zero attached hydrogens (tertiary/aromatic N) is 8. The molecule has 4 aliphatic heterocycles. The normalized spacial score (nSPS) is 31.9. The number of nitrogens with one attached hydrogen (secondary N) is 3. The molecule has 12 atom stereocenters. The second-order valence-corrected chi connectivity index (χ2v) is 29.3. The monoisotopic (exact) mass is 1410 g/mol. The number of likely N-dealkylation sites (N-methyl/N-ethyl adjacent to an activating group) is 5. The summed E-state index contributed by atoms with van der Waals surface area (Å²) in [6.07, 6.45) is -1.53. The Labute approximate surface area is 581 Å². The Kier molecular flexibility index (Phi) is 28.6. The Hall–Kier alpha value is -6.48. The number of hydrogen-bond acceptors (Lipinski definition) is 12. The standard InChI is InChI=1S/C71H112F5N11O12/c1-12-43(6)60-67(96)81(8)42-58(90)83(10)53-28-21-18-22-33-86(66(53)95)55(37-44-25-19-17-20-26-44)65(94)80(7)41-56(88)77-51(30-29-45-35-49(72)59(50(73)36-45)71(74,75)76)64(93)87-40-48(99-16-5)39-54(87)63(92)79-70(31-24-32-70)69(98)84(11)61(46(13-2)14-3)68(97)85-34-23-27-47(85)38-57(89)82(9)52(15-4)62(91)78-60/h18,21,43-55,59-61H,12-17,19-20,22-42H2,1-11H3,(H,77,88)(H,78,91)(H,79,92)/b21-18-/t43-,45?,47+,48+,49?,50?,51-,52-,53-,54-,55-,59?,60-,61-/m0/s1. The summed E-state index contributed by atoms with van der Waals surface area (Å²) < 4.78 is 78.6. The number of alkyl halides is 5. The van der Waals surface area contributed by atoms with E-state index in [1.165, 1.54) is 64.6 Å². The molecule has 7 rings (SSSR count). The molecular formula is C71H112F5N11O12. The topological polar surface area (TPSA) is 259 Å². The SMILES string of the molecule is CCO[C@@H]1C[C@H]2C(=O)NC3(CCC3)C(=O)N(C)[C@@H](C(CC)CC)C(=O)N3CCC[C@@H]3CC(=O)N(C)[C@@H](CC)C(=O)N[C@@H]([C@@H](C)CC)C(=O)N(C)CC(=O)N(C)[C@H]3C/C=C\CCN(C3=O)[C@@H](CC3CCCCC3)C(=O)N(C)CC(=O)N[C@@H](CCC3CC(F)C(C(F)(F)F)C(F)C3)C(=O)N2C1. The lowest BCUT2D eigenvalue weighted by Crippen LogP contribution is -2.68. The molecule has 3 saturated carbocycles. The van der Waals surface area contributed by atoms with Crippen LogP contribution in [-0.4, -0.2) is 257 Å². The van der Waals surface area contributed by atoms with Crippen molar-refractivity contribution in [1.82, 2.24) is 55.1 Å². The average molecular weight is 1410 g/mol. The van der Waals surface area contributed by atoms with Crippen LogP contribution >= 0.6 is 0 Å². The Bertz CT molecular complexity index is 2880. The number of carbonyl (C=O) groups is 11. The average Bonchev–Trinajstić information content (AvgIpc) is 1.70. The fourth-order valence-corrected chi connectivity index (χ4v) is 16.4. The second-order valence-electron chi connectivity index (χ2n) is 29.3. The van der Waals surface area contributed by atoms with Gasteiger partial charge < -0.3 is 59.9 Å². The highest BCUT2D eigenvalue weighted by Crippen LogP contribution is 2.45. The van der Waals surface area contributed by atoms with Crippen LogP contribution in [0, 0.1) is 29.6 Å². The first-order valence-electron chi connectivity index (χ1n) is 36.6. The zero-order chi connectivity index (χ0) is 73.0. The molecule has 99 heavy (non-hydrogen) atoms. The molecule has 0 aromatic carbocycles. The van der Waals surface area contributed by atoms with Crippen LogP contribution in [0.4, 0.5) is 22.0 Å². The quantitative estimate of drug-likeness (QED) is 0.137. The molecule has 28 heteroatoms. The minimum absolute atomic E-state index is 0.0155. The molecule has 23 nitrogen and oxygen atoms in total. The molecule has 3 N–H and O–H groups in total. The van der Waals surface area contributed by atoms with Crippen molar-refractivity contribution in [3.8, 4) is 0 Å². The summed E-state index contributed by atoms with van der Waals surface area (Å²) in [6.45, 7) is 9.94. The van der Waals surface area contributed by atoms with Crippen molar-refractivity contribution in [2.75, 3.05) is 74.6 Å². The van der Waals surface area contributed by atoms with Gasteiger partial charge in [-0.2, -0.15) is 13.2 Å². The summed E-state index contributed by atoms with van der Waals surface area (Å²) in [7, 11) is 7.23. The van der Waals surface area contributed by atoms with E-state index < -0.39 is 187 Å². The van der Waals surface area contributed by atoms with Crippen molar-refractivity contribution in [3.05, 3.63) is 12.2 Å². The molecule has 6 fully saturated rings. The third kappa shape index (κ3) is 19.0. The van der Waals surface area contributed by atoms with E-state index in [4.69, 9.17) is 4.74 Å². The third-order valence-electron chi connectivity index (χ3n) is 22.8. The van der Waals surface area contributed by atoms with Crippen LogP contribution < -0.4 is 16.0 Å². The van der Waals surface area contributed by atoms with E-state index in [1.54, 1.807) is 31.7 Å². The van der Waals surface area contributed by atoms with Gasteiger partial charge in [0.15, 0.2) is 0 Å². The van der Waals surface area contributed by atoms with Crippen LogP contribution in [0.25, 0.3) is 0 Å². The highest BCUT2D eigenvalue weighted by molar-refractivity contribution is 6.00. The molecule has 2 unspecified atom stereocenters. The van der Waals surface area contributed by atoms with Gasteiger partial charge in [0.05, 0.1) is 19.2 Å². The number of amides is 11. The van der Waals surface area contributed by atoms with E-state index in [-0.39, 0.29) is 95.9 Å². The van der Waals surface area contributed by atoms with Crippen LogP contribution in [-0.2, 0) is 57.5 Å². The summed E-state index contributed by atoms with van der Waals surface area (Å²) in [5, 5.41) is 8.62. The molecule has 0 radical (unpaired) electrons. The first-order valence-corrected chi connectivity index (χ1v) is 36.6. The van der Waals surface area contributed by atoms with Gasteiger partial charge >= 0.3 is 6.18 Å². The van der Waals surface area contributed by atoms with Crippen molar-refractivity contribution in [2.24, 2.45) is 29.6 Å². The second kappa shape index (κ2) is 35.4. The van der Waals surface area contributed by atoms with Gasteiger partial charge in [-0.3, -0.25) is 52.7 Å². The van der Waals surface area contributed by atoms with Crippen LogP contribution in [0.3, 0.4) is 0 Å². The van der Waals surface area contributed by atoms with Gasteiger partial charge in [-0.15, -0.1) is 0 Å².